The lowest BCUT2D eigenvalue weighted by atomic mass is 10.1. The summed E-state index contributed by atoms with van der Waals surface area (Å²) in [4.78, 5) is 0. The first kappa shape index (κ1) is 11.6. The van der Waals surface area contributed by atoms with E-state index in [2.05, 4.69) is 10.6 Å². The molecule has 1 fully saturated rings. The fourth-order valence-electron chi connectivity index (χ4n) is 2.14. The minimum Gasteiger partial charge on any atom is -0.313 e. The highest BCUT2D eigenvalue weighted by Gasteiger charge is 2.12. The van der Waals surface area contributed by atoms with Gasteiger partial charge in [0.25, 0.3) is 0 Å². The Morgan fingerprint density at radius 2 is 2.38 bits per heavy atom. The van der Waals surface area contributed by atoms with Crippen LogP contribution >= 0.6 is 0 Å². The normalized spacial score (nSPS) is 20.2. The van der Waals surface area contributed by atoms with E-state index in [9.17, 15) is 4.39 Å². The highest BCUT2D eigenvalue weighted by Crippen LogP contribution is 2.09. The predicted molar refractivity (Wildman–Crippen MR) is 63.9 cm³/mol. The second-order valence-corrected chi connectivity index (χ2v) is 4.51. The van der Waals surface area contributed by atoms with E-state index in [1.54, 1.807) is 13.0 Å². The predicted octanol–water partition coefficient (Wildman–Crippen LogP) is 1.98. The lowest BCUT2D eigenvalue weighted by Gasteiger charge is -2.11. The Hall–Kier alpha value is -0.930. The number of hydrogen-bond acceptors (Lipinski definition) is 2. The molecule has 1 aliphatic heterocycles. The molecule has 1 unspecified atom stereocenters. The zero-order chi connectivity index (χ0) is 11.4. The molecule has 0 saturated carbocycles. The zero-order valence-corrected chi connectivity index (χ0v) is 9.72. The monoisotopic (exact) mass is 222 g/mol. The molecular formula is C13H19FN2. The Kier molecular flexibility index (Phi) is 3.91. The number of rotatable bonds is 4. The van der Waals surface area contributed by atoms with Gasteiger partial charge in [-0.05, 0) is 43.5 Å². The molecule has 0 radical (unpaired) electrons. The highest BCUT2D eigenvalue weighted by atomic mass is 19.1. The van der Waals surface area contributed by atoms with Crippen molar-refractivity contribution in [3.63, 3.8) is 0 Å². The van der Waals surface area contributed by atoms with Crippen LogP contribution in [0.1, 0.15) is 24.0 Å². The van der Waals surface area contributed by atoms with E-state index in [-0.39, 0.29) is 5.82 Å². The van der Waals surface area contributed by atoms with Gasteiger partial charge < -0.3 is 10.6 Å². The van der Waals surface area contributed by atoms with Crippen molar-refractivity contribution in [1.29, 1.82) is 0 Å². The minimum atomic E-state index is -0.124. The number of benzene rings is 1. The number of hydrogen-bond donors (Lipinski definition) is 2. The third kappa shape index (κ3) is 3.03. The summed E-state index contributed by atoms with van der Waals surface area (Å²) in [5.74, 6) is -0.124. The van der Waals surface area contributed by atoms with Crippen LogP contribution in [0.25, 0.3) is 0 Å². The van der Waals surface area contributed by atoms with E-state index in [1.165, 1.54) is 12.8 Å². The van der Waals surface area contributed by atoms with Crippen LogP contribution in [-0.4, -0.2) is 19.1 Å². The lowest BCUT2D eigenvalue weighted by molar-refractivity contribution is 0.535. The summed E-state index contributed by atoms with van der Waals surface area (Å²) in [6.45, 7) is 4.76. The average molecular weight is 222 g/mol. The van der Waals surface area contributed by atoms with E-state index in [0.29, 0.717) is 6.04 Å². The highest BCUT2D eigenvalue weighted by molar-refractivity contribution is 5.23. The maximum Gasteiger partial charge on any atom is 0.126 e. The molecule has 1 heterocycles. The van der Waals surface area contributed by atoms with E-state index in [4.69, 9.17) is 0 Å². The minimum absolute atomic E-state index is 0.124. The van der Waals surface area contributed by atoms with Gasteiger partial charge in [-0.1, -0.05) is 12.1 Å². The van der Waals surface area contributed by atoms with Crippen LogP contribution in [-0.2, 0) is 6.54 Å². The average Bonchev–Trinajstić information content (AvgIpc) is 2.76. The van der Waals surface area contributed by atoms with Gasteiger partial charge in [0.2, 0.25) is 0 Å². The fraction of sp³-hybridized carbons (Fsp3) is 0.538. The molecule has 1 aromatic rings. The summed E-state index contributed by atoms with van der Waals surface area (Å²) in [6.07, 6.45) is 2.54. The second-order valence-electron chi connectivity index (χ2n) is 4.51. The van der Waals surface area contributed by atoms with Crippen molar-refractivity contribution < 1.29 is 4.39 Å². The molecule has 2 N–H and O–H groups in total. The molecule has 2 rings (SSSR count). The molecule has 0 amide bonds. The molecule has 1 aliphatic rings. The molecular weight excluding hydrogens is 203 g/mol. The van der Waals surface area contributed by atoms with E-state index >= 15 is 0 Å². The second kappa shape index (κ2) is 5.41. The van der Waals surface area contributed by atoms with E-state index < -0.39 is 0 Å². The Morgan fingerprint density at radius 3 is 3.06 bits per heavy atom. The molecule has 0 aliphatic carbocycles. The van der Waals surface area contributed by atoms with Crippen molar-refractivity contribution in [2.45, 2.75) is 32.4 Å². The van der Waals surface area contributed by atoms with Crippen LogP contribution in [0.15, 0.2) is 18.2 Å². The molecule has 0 bridgehead atoms. The van der Waals surface area contributed by atoms with Gasteiger partial charge in [-0.2, -0.15) is 0 Å². The molecule has 3 heteroatoms. The smallest absolute Gasteiger partial charge is 0.126 e. The first-order chi connectivity index (χ1) is 7.75. The first-order valence-electron chi connectivity index (χ1n) is 5.95. The molecule has 0 spiro atoms. The van der Waals surface area contributed by atoms with Gasteiger partial charge in [-0.15, -0.1) is 0 Å². The number of aryl methyl sites for hydroxylation is 1. The molecule has 1 saturated heterocycles. The van der Waals surface area contributed by atoms with Crippen LogP contribution in [0.5, 0.6) is 0 Å². The summed E-state index contributed by atoms with van der Waals surface area (Å²) < 4.78 is 13.0. The van der Waals surface area contributed by atoms with Gasteiger partial charge in [0.15, 0.2) is 0 Å². The maximum atomic E-state index is 13.0. The van der Waals surface area contributed by atoms with Crippen molar-refractivity contribution in [2.75, 3.05) is 13.1 Å². The summed E-state index contributed by atoms with van der Waals surface area (Å²) in [5.41, 5.74) is 1.87. The zero-order valence-electron chi connectivity index (χ0n) is 9.72. The van der Waals surface area contributed by atoms with Crippen molar-refractivity contribution in [1.82, 2.24) is 10.6 Å². The molecule has 1 atom stereocenters. The SMILES string of the molecule is Cc1cc(CNCC2CCCN2)ccc1F. The third-order valence-electron chi connectivity index (χ3n) is 3.10. The van der Waals surface area contributed by atoms with Crippen molar-refractivity contribution in [3.05, 3.63) is 35.1 Å². The van der Waals surface area contributed by atoms with Crippen molar-refractivity contribution in [2.24, 2.45) is 0 Å². The lowest BCUT2D eigenvalue weighted by Crippen LogP contribution is -2.33. The Labute approximate surface area is 96.2 Å². The first-order valence-corrected chi connectivity index (χ1v) is 5.95. The van der Waals surface area contributed by atoms with Gasteiger partial charge >= 0.3 is 0 Å². The third-order valence-corrected chi connectivity index (χ3v) is 3.10. The Bertz CT molecular complexity index is 346. The van der Waals surface area contributed by atoms with Crippen LogP contribution < -0.4 is 10.6 Å². The van der Waals surface area contributed by atoms with Crippen LogP contribution in [0, 0.1) is 12.7 Å². The summed E-state index contributed by atoms with van der Waals surface area (Å²) in [5, 5.41) is 6.85. The van der Waals surface area contributed by atoms with Gasteiger partial charge in [0.1, 0.15) is 5.82 Å². The van der Waals surface area contributed by atoms with Crippen LogP contribution in [0.3, 0.4) is 0 Å². The van der Waals surface area contributed by atoms with Crippen molar-refractivity contribution in [3.8, 4) is 0 Å². The number of halogens is 1. The van der Waals surface area contributed by atoms with Gasteiger partial charge in [-0.25, -0.2) is 4.39 Å². The quantitative estimate of drug-likeness (QED) is 0.814. The molecule has 2 nitrogen and oxygen atoms in total. The topological polar surface area (TPSA) is 24.1 Å². The summed E-state index contributed by atoms with van der Waals surface area (Å²) in [7, 11) is 0. The van der Waals surface area contributed by atoms with Gasteiger partial charge in [0.05, 0.1) is 0 Å². The van der Waals surface area contributed by atoms with Crippen LogP contribution in [0.2, 0.25) is 0 Å². The Morgan fingerprint density at radius 1 is 1.50 bits per heavy atom. The summed E-state index contributed by atoms with van der Waals surface area (Å²) >= 11 is 0. The molecule has 0 aromatic heterocycles. The van der Waals surface area contributed by atoms with Gasteiger partial charge in [-0.3, -0.25) is 0 Å². The molecule has 1 aromatic carbocycles. The standard InChI is InChI=1S/C13H19FN2/c1-10-7-11(4-5-13(10)14)8-15-9-12-3-2-6-16-12/h4-5,7,12,15-16H,2-3,6,8-9H2,1H3. The Balaban J connectivity index is 1.78. The van der Waals surface area contributed by atoms with Gasteiger partial charge in [0, 0.05) is 19.1 Å². The van der Waals surface area contributed by atoms with Crippen LogP contribution in [0.4, 0.5) is 4.39 Å². The fourth-order valence-corrected chi connectivity index (χ4v) is 2.14. The largest absolute Gasteiger partial charge is 0.313 e. The van der Waals surface area contributed by atoms with E-state index in [0.717, 1.165) is 30.8 Å². The number of nitrogens with one attached hydrogen (secondary N) is 2. The maximum absolute atomic E-state index is 13.0. The summed E-state index contributed by atoms with van der Waals surface area (Å²) in [6, 6.07) is 5.91. The molecule has 16 heavy (non-hydrogen) atoms. The van der Waals surface area contributed by atoms with E-state index in [1.807, 2.05) is 12.1 Å². The molecule has 88 valence electrons. The van der Waals surface area contributed by atoms with Crippen molar-refractivity contribution >= 4 is 0 Å².